The van der Waals surface area contributed by atoms with Gasteiger partial charge in [0.25, 0.3) is 0 Å². The molecule has 2 aromatic rings. The van der Waals surface area contributed by atoms with Gasteiger partial charge in [-0.1, -0.05) is 12.1 Å². The van der Waals surface area contributed by atoms with Gasteiger partial charge < -0.3 is 14.8 Å². The summed E-state index contributed by atoms with van der Waals surface area (Å²) in [4.78, 5) is 24.2. The highest BCUT2D eigenvalue weighted by Crippen LogP contribution is 2.27. The molecule has 0 radical (unpaired) electrons. The number of amides is 2. The minimum Gasteiger partial charge on any atom is -0.493 e. The Morgan fingerprint density at radius 2 is 1.96 bits per heavy atom. The maximum Gasteiger partial charge on any atom is 0.329 e. The Morgan fingerprint density at radius 3 is 2.64 bits per heavy atom. The van der Waals surface area contributed by atoms with Gasteiger partial charge in [-0.25, -0.2) is 5.43 Å². The van der Waals surface area contributed by atoms with Crippen LogP contribution in [-0.4, -0.2) is 38.8 Å². The second kappa shape index (κ2) is 9.43. The first-order valence-corrected chi connectivity index (χ1v) is 8.37. The summed E-state index contributed by atoms with van der Waals surface area (Å²) in [6.45, 7) is 0.316. The fraction of sp³-hybridized carbons (Fsp3) is 0.235. The van der Waals surface area contributed by atoms with Crippen molar-refractivity contribution in [3.8, 4) is 11.5 Å². The van der Waals surface area contributed by atoms with Gasteiger partial charge in [-0.3, -0.25) is 9.59 Å². The molecule has 2 rings (SSSR count). The summed E-state index contributed by atoms with van der Waals surface area (Å²) in [5.74, 6) is -0.283. The Balaban J connectivity index is 1.77. The van der Waals surface area contributed by atoms with Crippen LogP contribution in [0.15, 0.2) is 40.8 Å². The molecule has 1 aromatic carbocycles. The third-order valence-corrected chi connectivity index (χ3v) is 4.06. The van der Waals surface area contributed by atoms with Gasteiger partial charge in [0.15, 0.2) is 11.5 Å². The number of hydrogen-bond acceptors (Lipinski definition) is 6. The molecule has 0 fully saturated rings. The van der Waals surface area contributed by atoms with E-state index in [-0.39, 0.29) is 0 Å². The fourth-order valence-corrected chi connectivity index (χ4v) is 2.59. The number of hydrazone groups is 1. The lowest BCUT2D eigenvalue weighted by Crippen LogP contribution is -2.38. The number of benzene rings is 1. The predicted octanol–water partition coefficient (Wildman–Crippen LogP) is 1.57. The molecule has 0 aliphatic rings. The van der Waals surface area contributed by atoms with Crippen LogP contribution in [0.3, 0.4) is 0 Å². The van der Waals surface area contributed by atoms with Crippen molar-refractivity contribution >= 4 is 29.4 Å². The number of nitrogens with zero attached hydrogens (tertiary/aromatic N) is 1. The summed E-state index contributed by atoms with van der Waals surface area (Å²) in [5, 5.41) is 8.18. The topological polar surface area (TPSA) is 89.0 Å². The number of hydrogen-bond donors (Lipinski definition) is 2. The maximum atomic E-state index is 11.7. The standard InChI is InChI=1S/C17H19N3O4S/c1-23-14-6-5-12(10-15(14)24-2)7-8-18-16(21)17(22)20-19-11-13-4-3-9-25-13/h3-6,9-11H,7-8H2,1-2H3,(H,18,21)(H,20,22). The van der Waals surface area contributed by atoms with Crippen molar-refractivity contribution in [1.29, 1.82) is 0 Å². The summed E-state index contributed by atoms with van der Waals surface area (Å²) >= 11 is 1.48. The molecule has 0 spiro atoms. The Labute approximate surface area is 149 Å². The zero-order valence-corrected chi connectivity index (χ0v) is 14.8. The summed E-state index contributed by atoms with van der Waals surface area (Å²) in [6.07, 6.45) is 2.04. The van der Waals surface area contributed by atoms with Crippen LogP contribution in [-0.2, 0) is 16.0 Å². The lowest BCUT2D eigenvalue weighted by atomic mass is 10.1. The number of rotatable bonds is 7. The number of thiophene rings is 1. The number of methoxy groups -OCH3 is 2. The van der Waals surface area contributed by atoms with Crippen molar-refractivity contribution in [2.24, 2.45) is 5.10 Å². The highest BCUT2D eigenvalue weighted by molar-refractivity contribution is 7.11. The molecule has 2 N–H and O–H groups in total. The molecular formula is C17H19N3O4S. The zero-order chi connectivity index (χ0) is 18.1. The minimum atomic E-state index is -0.805. The molecule has 0 atom stereocenters. The number of ether oxygens (including phenoxy) is 2. The van der Waals surface area contributed by atoms with Crippen LogP contribution >= 0.6 is 11.3 Å². The minimum absolute atomic E-state index is 0.316. The lowest BCUT2D eigenvalue weighted by Gasteiger charge is -2.09. The van der Waals surface area contributed by atoms with Crippen LogP contribution in [0.4, 0.5) is 0 Å². The molecule has 1 heterocycles. The maximum absolute atomic E-state index is 11.7. The van der Waals surface area contributed by atoms with Gasteiger partial charge in [0.2, 0.25) is 0 Å². The average Bonchev–Trinajstić information content (AvgIpc) is 3.14. The van der Waals surface area contributed by atoms with Gasteiger partial charge >= 0.3 is 11.8 Å². The Hall–Kier alpha value is -2.87. The van der Waals surface area contributed by atoms with E-state index < -0.39 is 11.8 Å². The van der Waals surface area contributed by atoms with Crippen molar-refractivity contribution in [2.75, 3.05) is 20.8 Å². The van der Waals surface area contributed by atoms with E-state index in [9.17, 15) is 9.59 Å². The Morgan fingerprint density at radius 1 is 1.16 bits per heavy atom. The van der Waals surface area contributed by atoms with Gasteiger partial charge in [-0.2, -0.15) is 5.10 Å². The highest BCUT2D eigenvalue weighted by Gasteiger charge is 2.12. The molecule has 7 nitrogen and oxygen atoms in total. The van der Waals surface area contributed by atoms with Crippen LogP contribution < -0.4 is 20.2 Å². The first-order chi connectivity index (χ1) is 12.1. The van der Waals surface area contributed by atoms with E-state index in [0.29, 0.717) is 24.5 Å². The molecule has 0 bridgehead atoms. The molecule has 25 heavy (non-hydrogen) atoms. The molecule has 2 amide bonds. The molecule has 132 valence electrons. The second-order valence-electron chi connectivity index (χ2n) is 4.91. The zero-order valence-electron chi connectivity index (χ0n) is 13.9. The van der Waals surface area contributed by atoms with Crippen LogP contribution in [0.5, 0.6) is 11.5 Å². The van der Waals surface area contributed by atoms with E-state index in [1.807, 2.05) is 29.6 Å². The number of carbonyl (C=O) groups excluding carboxylic acids is 2. The van der Waals surface area contributed by atoms with Crippen LogP contribution in [0.2, 0.25) is 0 Å². The summed E-state index contributed by atoms with van der Waals surface area (Å²) in [7, 11) is 3.13. The van der Waals surface area contributed by atoms with Crippen molar-refractivity contribution in [3.05, 3.63) is 46.2 Å². The number of carbonyl (C=O) groups is 2. The third kappa shape index (κ3) is 5.61. The van der Waals surface area contributed by atoms with E-state index in [0.717, 1.165) is 10.4 Å². The SMILES string of the molecule is COc1ccc(CCNC(=O)C(=O)NN=Cc2cccs2)cc1OC. The highest BCUT2D eigenvalue weighted by atomic mass is 32.1. The van der Waals surface area contributed by atoms with Gasteiger partial charge in [0.1, 0.15) is 0 Å². The second-order valence-corrected chi connectivity index (χ2v) is 5.89. The van der Waals surface area contributed by atoms with Gasteiger partial charge in [-0.15, -0.1) is 11.3 Å². The summed E-state index contributed by atoms with van der Waals surface area (Å²) in [5.41, 5.74) is 3.14. The molecule has 0 unspecified atom stereocenters. The average molecular weight is 361 g/mol. The quantitative estimate of drug-likeness (QED) is 0.445. The molecule has 0 aliphatic carbocycles. The van der Waals surface area contributed by atoms with Gasteiger partial charge in [-0.05, 0) is 35.6 Å². The van der Waals surface area contributed by atoms with Crippen LogP contribution in [0.1, 0.15) is 10.4 Å². The van der Waals surface area contributed by atoms with E-state index >= 15 is 0 Å². The first kappa shape index (κ1) is 18.5. The third-order valence-electron chi connectivity index (χ3n) is 3.25. The van der Waals surface area contributed by atoms with Gasteiger partial charge in [0, 0.05) is 11.4 Å². The van der Waals surface area contributed by atoms with E-state index in [2.05, 4.69) is 15.8 Å². The molecule has 8 heteroatoms. The monoisotopic (exact) mass is 361 g/mol. The fourth-order valence-electron chi connectivity index (χ4n) is 2.01. The van der Waals surface area contributed by atoms with Crippen molar-refractivity contribution < 1.29 is 19.1 Å². The van der Waals surface area contributed by atoms with Gasteiger partial charge in [0.05, 0.1) is 20.4 Å². The molecule has 0 aliphatic heterocycles. The van der Waals surface area contributed by atoms with Crippen LogP contribution in [0, 0.1) is 0 Å². The molecular weight excluding hydrogens is 342 g/mol. The number of nitrogens with one attached hydrogen (secondary N) is 2. The lowest BCUT2D eigenvalue weighted by molar-refractivity contribution is -0.139. The normalized spacial score (nSPS) is 10.5. The van der Waals surface area contributed by atoms with E-state index in [1.54, 1.807) is 20.3 Å². The molecule has 0 saturated carbocycles. The molecule has 1 aromatic heterocycles. The summed E-state index contributed by atoms with van der Waals surface area (Å²) < 4.78 is 10.4. The van der Waals surface area contributed by atoms with Crippen molar-refractivity contribution in [2.45, 2.75) is 6.42 Å². The predicted molar refractivity (Wildman–Crippen MR) is 96.3 cm³/mol. The smallest absolute Gasteiger partial charge is 0.329 e. The van der Waals surface area contributed by atoms with Crippen molar-refractivity contribution in [1.82, 2.24) is 10.7 Å². The van der Waals surface area contributed by atoms with E-state index in [1.165, 1.54) is 17.6 Å². The Bertz CT molecular complexity index is 744. The van der Waals surface area contributed by atoms with Crippen LogP contribution in [0.25, 0.3) is 0 Å². The molecule has 0 saturated heterocycles. The van der Waals surface area contributed by atoms with E-state index in [4.69, 9.17) is 9.47 Å². The summed E-state index contributed by atoms with van der Waals surface area (Å²) in [6, 6.07) is 9.22. The van der Waals surface area contributed by atoms with Crippen molar-refractivity contribution in [3.63, 3.8) is 0 Å². The Kier molecular flexibility index (Phi) is 6.97. The first-order valence-electron chi connectivity index (χ1n) is 7.49. The largest absolute Gasteiger partial charge is 0.493 e.